The van der Waals surface area contributed by atoms with Crippen molar-refractivity contribution in [3.05, 3.63) is 64.7 Å². The Morgan fingerprint density at radius 2 is 1.87 bits per heavy atom. The highest BCUT2D eigenvalue weighted by Crippen LogP contribution is 2.28. The van der Waals surface area contributed by atoms with Crippen molar-refractivity contribution in [2.24, 2.45) is 0 Å². The number of rotatable bonds is 8. The molecule has 5 nitrogen and oxygen atoms in total. The topological polar surface area (TPSA) is 44.8 Å². The Hall–Kier alpha value is -2.24. The van der Waals surface area contributed by atoms with Gasteiger partial charge in [0.05, 0.1) is 17.7 Å². The molecule has 2 saturated heterocycles. The van der Waals surface area contributed by atoms with Gasteiger partial charge in [0.1, 0.15) is 5.75 Å². The van der Waals surface area contributed by atoms with Gasteiger partial charge in [-0.25, -0.2) is 4.79 Å². The van der Waals surface area contributed by atoms with Gasteiger partial charge < -0.3 is 19.9 Å². The van der Waals surface area contributed by atoms with Crippen LogP contribution >= 0.6 is 11.6 Å². The van der Waals surface area contributed by atoms with Crippen molar-refractivity contribution in [1.29, 1.82) is 0 Å². The number of hydrogen-bond donors (Lipinski definition) is 1. The van der Waals surface area contributed by atoms with Crippen LogP contribution in [0.25, 0.3) is 0 Å². The second-order valence-electron chi connectivity index (χ2n) is 8.16. The second-order valence-corrected chi connectivity index (χ2v) is 8.57. The molecule has 160 valence electrons. The summed E-state index contributed by atoms with van der Waals surface area (Å²) in [5, 5.41) is 3.65. The average molecular weight is 428 g/mol. The molecule has 0 aromatic heterocycles. The number of nitrogens with one attached hydrogen (secondary N) is 1. The summed E-state index contributed by atoms with van der Waals surface area (Å²) in [5.74, 6) is 0.715. The Balaban J connectivity index is 1.26. The molecule has 0 bridgehead atoms. The van der Waals surface area contributed by atoms with Crippen LogP contribution in [0, 0.1) is 0 Å². The third-order valence-electron chi connectivity index (χ3n) is 5.88. The Kier molecular flexibility index (Phi) is 7.13. The van der Waals surface area contributed by atoms with E-state index in [1.165, 1.54) is 32.4 Å². The van der Waals surface area contributed by atoms with E-state index in [2.05, 4.69) is 10.2 Å². The molecule has 2 aliphatic heterocycles. The zero-order chi connectivity index (χ0) is 20.8. The number of benzene rings is 2. The van der Waals surface area contributed by atoms with Gasteiger partial charge in [0.2, 0.25) is 0 Å². The highest BCUT2D eigenvalue weighted by atomic mass is 35.5. The third kappa shape index (κ3) is 5.46. The molecular formula is C24H30ClN3O2. The molecule has 0 unspecified atom stereocenters. The summed E-state index contributed by atoms with van der Waals surface area (Å²) in [7, 11) is 0. The summed E-state index contributed by atoms with van der Waals surface area (Å²) in [6, 6.07) is 15.9. The van der Waals surface area contributed by atoms with E-state index in [4.69, 9.17) is 16.3 Å². The summed E-state index contributed by atoms with van der Waals surface area (Å²) in [6.45, 7) is 5.36. The van der Waals surface area contributed by atoms with Gasteiger partial charge in [-0.15, -0.1) is 0 Å². The molecule has 4 rings (SSSR count). The van der Waals surface area contributed by atoms with E-state index in [1.807, 2.05) is 53.4 Å². The van der Waals surface area contributed by atoms with Crippen LogP contribution in [-0.4, -0.2) is 48.6 Å². The first-order valence-electron chi connectivity index (χ1n) is 10.9. The molecule has 0 saturated carbocycles. The van der Waals surface area contributed by atoms with Crippen LogP contribution in [-0.2, 0) is 6.54 Å². The van der Waals surface area contributed by atoms with Gasteiger partial charge in [0.25, 0.3) is 0 Å². The molecule has 2 heterocycles. The number of carbonyl (C=O) groups excluding carboxylic acids is 1. The summed E-state index contributed by atoms with van der Waals surface area (Å²) < 4.78 is 5.90. The lowest BCUT2D eigenvalue weighted by atomic mass is 10.1. The van der Waals surface area contributed by atoms with Crippen LogP contribution in [0.5, 0.6) is 5.75 Å². The molecule has 30 heavy (non-hydrogen) atoms. The van der Waals surface area contributed by atoms with Gasteiger partial charge in [-0.1, -0.05) is 54.4 Å². The lowest BCUT2D eigenvalue weighted by Crippen LogP contribution is -2.31. The predicted molar refractivity (Wildman–Crippen MR) is 120 cm³/mol. The molecule has 2 fully saturated rings. The molecule has 0 aliphatic carbocycles. The maximum absolute atomic E-state index is 12.4. The molecular weight excluding hydrogens is 398 g/mol. The number of likely N-dealkylation sites (tertiary alicyclic amines) is 1. The van der Waals surface area contributed by atoms with Crippen LogP contribution in [0.4, 0.5) is 4.79 Å². The zero-order valence-electron chi connectivity index (χ0n) is 17.4. The number of urea groups is 1. The number of hydrogen-bond acceptors (Lipinski definition) is 3. The molecule has 0 radical (unpaired) electrons. The smallest absolute Gasteiger partial charge is 0.318 e. The Morgan fingerprint density at radius 1 is 1.07 bits per heavy atom. The first-order chi connectivity index (χ1) is 14.7. The fourth-order valence-electron chi connectivity index (χ4n) is 4.23. The quantitative estimate of drug-likeness (QED) is 0.612. The minimum absolute atomic E-state index is 0.0247. The molecule has 0 spiro atoms. The van der Waals surface area contributed by atoms with Gasteiger partial charge in [-0.2, -0.15) is 0 Å². The van der Waals surface area contributed by atoms with Crippen LogP contribution in [0.3, 0.4) is 0 Å². The highest BCUT2D eigenvalue weighted by molar-refractivity contribution is 6.32. The molecule has 2 aromatic carbocycles. The number of ether oxygens (including phenoxy) is 1. The van der Waals surface area contributed by atoms with Crippen LogP contribution < -0.4 is 10.1 Å². The van der Waals surface area contributed by atoms with E-state index in [9.17, 15) is 4.79 Å². The number of amides is 2. The molecule has 2 aliphatic rings. The van der Waals surface area contributed by atoms with E-state index < -0.39 is 0 Å². The predicted octanol–water partition coefficient (Wildman–Crippen LogP) is 4.86. The maximum atomic E-state index is 12.4. The van der Waals surface area contributed by atoms with Gasteiger partial charge in [-0.05, 0) is 55.6 Å². The first-order valence-corrected chi connectivity index (χ1v) is 11.3. The first kappa shape index (κ1) is 21.0. The summed E-state index contributed by atoms with van der Waals surface area (Å²) in [6.07, 6.45) is 5.00. The van der Waals surface area contributed by atoms with Crippen molar-refractivity contribution in [3.8, 4) is 5.75 Å². The van der Waals surface area contributed by atoms with Gasteiger partial charge in [0.15, 0.2) is 0 Å². The number of nitrogens with zero attached hydrogens (tertiary/aromatic N) is 2. The Labute approximate surface area is 184 Å². The summed E-state index contributed by atoms with van der Waals surface area (Å²) >= 11 is 6.45. The SMILES string of the molecule is O=C1N[C@@H](c2ccccc2)CN1Cc1ccc(OCCCN2CCCCC2)c(Cl)c1. The Morgan fingerprint density at radius 3 is 2.63 bits per heavy atom. The molecule has 1 atom stereocenters. The summed E-state index contributed by atoms with van der Waals surface area (Å²) in [4.78, 5) is 16.7. The zero-order valence-corrected chi connectivity index (χ0v) is 18.1. The third-order valence-corrected chi connectivity index (χ3v) is 6.18. The largest absolute Gasteiger partial charge is 0.492 e. The van der Waals surface area contributed by atoms with Gasteiger partial charge >= 0.3 is 6.03 Å². The van der Waals surface area contributed by atoms with E-state index in [0.717, 1.165) is 24.1 Å². The van der Waals surface area contributed by atoms with Crippen LogP contribution in [0.1, 0.15) is 42.9 Å². The van der Waals surface area contributed by atoms with Crippen molar-refractivity contribution in [1.82, 2.24) is 15.1 Å². The fraction of sp³-hybridized carbons (Fsp3) is 0.458. The van der Waals surface area contributed by atoms with Crippen molar-refractivity contribution in [2.45, 2.75) is 38.3 Å². The highest BCUT2D eigenvalue weighted by Gasteiger charge is 2.29. The molecule has 6 heteroatoms. The lowest BCUT2D eigenvalue weighted by Gasteiger charge is -2.26. The van der Waals surface area contributed by atoms with Crippen molar-refractivity contribution in [3.63, 3.8) is 0 Å². The number of carbonyl (C=O) groups is 1. The monoisotopic (exact) mass is 427 g/mol. The average Bonchev–Trinajstić information content (AvgIpc) is 3.14. The minimum atomic E-state index is -0.0435. The lowest BCUT2D eigenvalue weighted by molar-refractivity contribution is 0.205. The molecule has 2 amide bonds. The fourth-order valence-corrected chi connectivity index (χ4v) is 4.49. The van der Waals surface area contributed by atoms with Crippen molar-refractivity contribution in [2.75, 3.05) is 32.8 Å². The maximum Gasteiger partial charge on any atom is 0.318 e. The van der Waals surface area contributed by atoms with E-state index in [1.54, 1.807) is 0 Å². The van der Waals surface area contributed by atoms with Crippen LogP contribution in [0.2, 0.25) is 5.02 Å². The second kappa shape index (κ2) is 10.2. The standard InChI is InChI=1S/C24H30ClN3O2/c25-21-16-19(10-11-23(21)30-15-7-14-27-12-5-2-6-13-27)17-28-18-22(26-24(28)29)20-8-3-1-4-9-20/h1,3-4,8-11,16,22H,2,5-7,12-15,17-18H2,(H,26,29)/t22-/m1/s1. The summed E-state index contributed by atoms with van der Waals surface area (Å²) in [5.41, 5.74) is 2.13. The molecule has 2 aromatic rings. The minimum Gasteiger partial charge on any atom is -0.492 e. The van der Waals surface area contributed by atoms with Crippen LogP contribution in [0.15, 0.2) is 48.5 Å². The van der Waals surface area contributed by atoms with Gasteiger partial charge in [-0.3, -0.25) is 0 Å². The molecule has 1 N–H and O–H groups in total. The van der Waals surface area contributed by atoms with E-state index in [-0.39, 0.29) is 12.1 Å². The van der Waals surface area contributed by atoms with Gasteiger partial charge in [0, 0.05) is 19.6 Å². The number of piperidine rings is 1. The van der Waals surface area contributed by atoms with E-state index >= 15 is 0 Å². The normalized spacial score (nSPS) is 19.7. The Bertz CT molecular complexity index is 840. The van der Waals surface area contributed by atoms with Crippen molar-refractivity contribution < 1.29 is 9.53 Å². The van der Waals surface area contributed by atoms with E-state index in [0.29, 0.717) is 30.5 Å². The van der Waals surface area contributed by atoms with Crippen molar-refractivity contribution >= 4 is 17.6 Å². The number of halogens is 1.